The third-order valence-electron chi connectivity index (χ3n) is 5.23. The van der Waals surface area contributed by atoms with Gasteiger partial charge in [-0.15, -0.1) is 11.3 Å². The summed E-state index contributed by atoms with van der Waals surface area (Å²) in [6.07, 6.45) is 0. The normalized spacial score (nSPS) is 17.2. The number of carbonyl (C=O) groups is 1. The van der Waals surface area contributed by atoms with Crippen molar-refractivity contribution < 1.29 is 4.79 Å². The number of nitrogens with zero attached hydrogens (tertiary/aromatic N) is 2. The molecule has 0 unspecified atom stereocenters. The highest BCUT2D eigenvalue weighted by atomic mass is 32.1. The minimum Gasteiger partial charge on any atom is -0.348 e. The van der Waals surface area contributed by atoms with E-state index in [-0.39, 0.29) is 11.9 Å². The summed E-state index contributed by atoms with van der Waals surface area (Å²) in [7, 11) is 0. The molecule has 0 spiro atoms. The topological polar surface area (TPSA) is 35.6 Å². The average molecular weight is 386 g/mol. The van der Waals surface area contributed by atoms with Crippen molar-refractivity contribution in [1.29, 1.82) is 0 Å². The number of piperazine rings is 1. The second-order valence-electron chi connectivity index (χ2n) is 7.75. The molecule has 1 aromatic heterocycles. The molecule has 3 rings (SSSR count). The molecule has 2 heterocycles. The smallest absolute Gasteiger partial charge is 0.234 e. The van der Waals surface area contributed by atoms with E-state index in [1.165, 1.54) is 16.0 Å². The quantitative estimate of drug-likeness (QED) is 0.786. The molecule has 1 amide bonds. The molecule has 1 N–H and O–H groups in total. The van der Waals surface area contributed by atoms with Crippen LogP contribution in [0.4, 0.5) is 0 Å². The molecule has 0 radical (unpaired) electrons. The fraction of sp³-hybridized carbons (Fsp3) is 0.500. The second-order valence-corrected chi connectivity index (χ2v) is 8.73. The highest BCUT2D eigenvalue weighted by molar-refractivity contribution is 7.10. The van der Waals surface area contributed by atoms with Gasteiger partial charge in [0.15, 0.2) is 0 Å². The van der Waals surface area contributed by atoms with Gasteiger partial charge < -0.3 is 5.32 Å². The maximum Gasteiger partial charge on any atom is 0.234 e. The fourth-order valence-corrected chi connectivity index (χ4v) is 4.21. The van der Waals surface area contributed by atoms with Crippen LogP contribution in [0.25, 0.3) is 0 Å². The first-order valence-electron chi connectivity index (χ1n) is 9.87. The standard InChI is InChI=1S/C22H31N3OS/c1-17(2)20-8-6-19(7-9-20)15-24-10-12-25(13-11-24)16-22(26)23-18(3)21-5-4-14-27-21/h4-9,14,17-18H,10-13,15-16H2,1-3H3,(H,23,26)/t18-/m0/s1. The van der Waals surface area contributed by atoms with Crippen molar-refractivity contribution in [2.45, 2.75) is 39.3 Å². The molecule has 146 valence electrons. The lowest BCUT2D eigenvalue weighted by Gasteiger charge is -2.34. The van der Waals surface area contributed by atoms with E-state index >= 15 is 0 Å². The van der Waals surface area contributed by atoms with E-state index in [9.17, 15) is 4.79 Å². The van der Waals surface area contributed by atoms with Gasteiger partial charge in [0.05, 0.1) is 12.6 Å². The predicted octanol–water partition coefficient (Wildman–Crippen LogP) is 3.87. The zero-order valence-electron chi connectivity index (χ0n) is 16.6. The van der Waals surface area contributed by atoms with Crippen LogP contribution in [0, 0.1) is 0 Å². The Kier molecular flexibility index (Phi) is 7.05. The molecule has 1 fully saturated rings. The highest BCUT2D eigenvalue weighted by Crippen LogP contribution is 2.18. The van der Waals surface area contributed by atoms with Crippen LogP contribution < -0.4 is 5.32 Å². The van der Waals surface area contributed by atoms with Crippen LogP contribution in [-0.2, 0) is 11.3 Å². The lowest BCUT2D eigenvalue weighted by atomic mass is 10.0. The van der Waals surface area contributed by atoms with Crippen molar-refractivity contribution in [3.05, 3.63) is 57.8 Å². The molecule has 1 saturated heterocycles. The Morgan fingerprint density at radius 2 is 1.70 bits per heavy atom. The Morgan fingerprint density at radius 1 is 1.04 bits per heavy atom. The zero-order chi connectivity index (χ0) is 19.2. The van der Waals surface area contributed by atoms with Gasteiger partial charge in [0.2, 0.25) is 5.91 Å². The van der Waals surface area contributed by atoms with Crippen LogP contribution >= 0.6 is 11.3 Å². The van der Waals surface area contributed by atoms with Gasteiger partial charge in [0.1, 0.15) is 0 Å². The number of amides is 1. The molecule has 1 aliphatic heterocycles. The van der Waals surface area contributed by atoms with E-state index in [2.05, 4.69) is 59.3 Å². The molecule has 4 nitrogen and oxygen atoms in total. The second kappa shape index (κ2) is 9.49. The number of benzene rings is 1. The lowest BCUT2D eigenvalue weighted by molar-refractivity contribution is -0.123. The third kappa shape index (κ3) is 5.89. The SMILES string of the molecule is CC(C)c1ccc(CN2CCN(CC(=O)N[C@@H](C)c3cccs3)CC2)cc1. The van der Waals surface area contributed by atoms with E-state index in [0.29, 0.717) is 12.5 Å². The van der Waals surface area contributed by atoms with Gasteiger partial charge in [0, 0.05) is 37.6 Å². The van der Waals surface area contributed by atoms with Crippen molar-refractivity contribution in [2.75, 3.05) is 32.7 Å². The van der Waals surface area contributed by atoms with Crippen LogP contribution in [0.15, 0.2) is 41.8 Å². The van der Waals surface area contributed by atoms with Crippen LogP contribution in [0.5, 0.6) is 0 Å². The van der Waals surface area contributed by atoms with Gasteiger partial charge in [-0.3, -0.25) is 14.6 Å². The average Bonchev–Trinajstić information content (AvgIpc) is 3.18. The van der Waals surface area contributed by atoms with Crippen molar-refractivity contribution >= 4 is 17.2 Å². The van der Waals surface area contributed by atoms with Crippen LogP contribution in [-0.4, -0.2) is 48.4 Å². The maximum absolute atomic E-state index is 12.3. The molecular formula is C22H31N3OS. The summed E-state index contributed by atoms with van der Waals surface area (Å²) in [5.74, 6) is 0.699. The minimum atomic E-state index is 0.0904. The van der Waals surface area contributed by atoms with Crippen LogP contribution in [0.1, 0.15) is 48.7 Å². The highest BCUT2D eigenvalue weighted by Gasteiger charge is 2.20. The number of hydrogen-bond donors (Lipinski definition) is 1. The Hall–Kier alpha value is -1.69. The summed E-state index contributed by atoms with van der Waals surface area (Å²) in [4.78, 5) is 18.3. The summed E-state index contributed by atoms with van der Waals surface area (Å²) >= 11 is 1.69. The van der Waals surface area contributed by atoms with Crippen molar-refractivity contribution in [2.24, 2.45) is 0 Å². The first-order valence-corrected chi connectivity index (χ1v) is 10.8. The molecule has 5 heteroatoms. The van der Waals surface area contributed by atoms with Crippen LogP contribution in [0.2, 0.25) is 0 Å². The van der Waals surface area contributed by atoms with Gasteiger partial charge in [-0.1, -0.05) is 44.2 Å². The minimum absolute atomic E-state index is 0.0904. The number of rotatable bonds is 7. The summed E-state index contributed by atoms with van der Waals surface area (Å²) in [6, 6.07) is 13.2. The summed E-state index contributed by atoms with van der Waals surface area (Å²) < 4.78 is 0. The van der Waals surface area contributed by atoms with E-state index in [1.807, 2.05) is 18.4 Å². The lowest BCUT2D eigenvalue weighted by Crippen LogP contribution is -2.49. The molecular weight excluding hydrogens is 354 g/mol. The summed E-state index contributed by atoms with van der Waals surface area (Å²) in [6.45, 7) is 11.9. The van der Waals surface area contributed by atoms with E-state index in [0.717, 1.165) is 32.7 Å². The molecule has 1 aromatic carbocycles. The van der Waals surface area contributed by atoms with Gasteiger partial charge in [-0.05, 0) is 35.4 Å². The first kappa shape index (κ1) is 20.1. The van der Waals surface area contributed by atoms with Gasteiger partial charge in [-0.25, -0.2) is 0 Å². The van der Waals surface area contributed by atoms with E-state index < -0.39 is 0 Å². The molecule has 0 bridgehead atoms. The van der Waals surface area contributed by atoms with Crippen molar-refractivity contribution in [3.8, 4) is 0 Å². The molecule has 0 saturated carbocycles. The molecule has 1 aliphatic rings. The third-order valence-corrected chi connectivity index (χ3v) is 6.29. The van der Waals surface area contributed by atoms with Gasteiger partial charge in [-0.2, -0.15) is 0 Å². The Balaban J connectivity index is 1.40. The van der Waals surface area contributed by atoms with Crippen molar-refractivity contribution in [1.82, 2.24) is 15.1 Å². The summed E-state index contributed by atoms with van der Waals surface area (Å²) in [5.41, 5.74) is 2.77. The van der Waals surface area contributed by atoms with Gasteiger partial charge >= 0.3 is 0 Å². The summed E-state index contributed by atoms with van der Waals surface area (Å²) in [5, 5.41) is 5.16. The monoisotopic (exact) mass is 385 g/mol. The van der Waals surface area contributed by atoms with Gasteiger partial charge in [0.25, 0.3) is 0 Å². The Labute approximate surface area is 167 Å². The number of hydrogen-bond acceptors (Lipinski definition) is 4. The van der Waals surface area contributed by atoms with E-state index in [1.54, 1.807) is 11.3 Å². The molecule has 27 heavy (non-hydrogen) atoms. The Bertz CT molecular complexity index is 704. The molecule has 2 aromatic rings. The fourth-order valence-electron chi connectivity index (χ4n) is 3.47. The largest absolute Gasteiger partial charge is 0.348 e. The zero-order valence-corrected chi connectivity index (χ0v) is 17.5. The Morgan fingerprint density at radius 3 is 2.30 bits per heavy atom. The van der Waals surface area contributed by atoms with E-state index in [4.69, 9.17) is 0 Å². The maximum atomic E-state index is 12.3. The predicted molar refractivity (Wildman–Crippen MR) is 113 cm³/mol. The van der Waals surface area contributed by atoms with Crippen LogP contribution in [0.3, 0.4) is 0 Å². The first-order chi connectivity index (χ1) is 13.0. The number of thiophene rings is 1. The number of nitrogens with one attached hydrogen (secondary N) is 1. The molecule has 0 aliphatic carbocycles. The van der Waals surface area contributed by atoms with Crippen molar-refractivity contribution in [3.63, 3.8) is 0 Å². The number of carbonyl (C=O) groups excluding carboxylic acids is 1. The molecule has 1 atom stereocenters.